The van der Waals surface area contributed by atoms with Crippen LogP contribution in [0, 0.1) is 12.8 Å². The molecule has 1 aliphatic heterocycles. The summed E-state index contributed by atoms with van der Waals surface area (Å²) in [4.78, 5) is 70.0. The van der Waals surface area contributed by atoms with Gasteiger partial charge in [-0.05, 0) is 31.7 Å². The van der Waals surface area contributed by atoms with Gasteiger partial charge in [-0.15, -0.1) is 22.7 Å². The molecule has 3 N–H and O–H groups in total. The number of nitrogens with one attached hydrogen (secondary N) is 3. The highest BCUT2D eigenvalue weighted by atomic mass is 32.1. The van der Waals surface area contributed by atoms with Crippen LogP contribution in [-0.4, -0.2) is 62.6 Å². The first kappa shape index (κ1) is 34.6. The zero-order chi connectivity index (χ0) is 35.4. The second-order valence-electron chi connectivity index (χ2n) is 12.5. The number of amides is 4. The number of thiazole rings is 2. The van der Waals surface area contributed by atoms with E-state index in [1.165, 1.54) is 27.6 Å². The van der Waals surface area contributed by atoms with E-state index in [1.54, 1.807) is 24.6 Å². The number of nitrogens with zero attached hydrogens (tertiary/aromatic N) is 4. The zero-order valence-electron chi connectivity index (χ0n) is 28.0. The van der Waals surface area contributed by atoms with E-state index in [-0.39, 0.29) is 42.0 Å². The summed E-state index contributed by atoms with van der Waals surface area (Å²) in [6, 6.07) is 17.3. The van der Waals surface area contributed by atoms with Gasteiger partial charge in [0.2, 0.25) is 11.8 Å². The molecule has 14 heteroatoms. The van der Waals surface area contributed by atoms with Gasteiger partial charge in [-0.2, -0.15) is 0 Å². The van der Waals surface area contributed by atoms with E-state index in [1.807, 2.05) is 74.5 Å². The van der Waals surface area contributed by atoms with Crippen molar-refractivity contribution >= 4 is 46.3 Å². The third-order valence-electron chi connectivity index (χ3n) is 8.22. The minimum Gasteiger partial charge on any atom is -0.443 e. The fourth-order valence-electron chi connectivity index (χ4n) is 5.64. The van der Waals surface area contributed by atoms with E-state index in [2.05, 4.69) is 30.9 Å². The van der Waals surface area contributed by atoms with Gasteiger partial charge in [0.05, 0.1) is 18.6 Å². The van der Waals surface area contributed by atoms with Crippen LogP contribution in [-0.2, 0) is 11.2 Å². The fraction of sp³-hybridized carbons (Fsp3) is 0.306. The highest BCUT2D eigenvalue weighted by Crippen LogP contribution is 2.26. The standard InChI is InChI=1S/C36H37N7O5S2/c1-20(2)29-33-42-30(22(4)48-33)32(46)37-21(3)34-39-26(18-49-34)31(45)38-25(15-23-11-7-5-8-12-23)16-43(17-28(44)41-29)36(47)27-19-50-35(40-27)24-13-9-6-10-14-24/h5-14,18-21,25,29H,15-17H2,1-4H3,(H,37,46)(H,38,45)(H,41,44)/t21-,25-,29+/m1/s1. The average Bonchev–Trinajstić information content (AvgIpc) is 3.87. The molecule has 4 heterocycles. The summed E-state index contributed by atoms with van der Waals surface area (Å²) in [6.45, 7) is 6.86. The monoisotopic (exact) mass is 711 g/mol. The van der Waals surface area contributed by atoms with Gasteiger partial charge in [-0.3, -0.25) is 19.2 Å². The van der Waals surface area contributed by atoms with Gasteiger partial charge < -0.3 is 25.3 Å². The first-order chi connectivity index (χ1) is 24.0. The van der Waals surface area contributed by atoms with E-state index in [0.717, 1.165) is 11.1 Å². The van der Waals surface area contributed by atoms with E-state index in [4.69, 9.17) is 4.42 Å². The normalized spacial score (nSPS) is 18.9. The van der Waals surface area contributed by atoms with Crippen LogP contribution >= 0.6 is 22.7 Å². The van der Waals surface area contributed by atoms with Crippen molar-refractivity contribution in [1.29, 1.82) is 0 Å². The van der Waals surface area contributed by atoms with Gasteiger partial charge in [-0.25, -0.2) is 15.0 Å². The topological polar surface area (TPSA) is 159 Å². The van der Waals surface area contributed by atoms with E-state index in [9.17, 15) is 19.2 Å². The molecule has 3 atom stereocenters. The Labute approximate surface area is 297 Å². The fourth-order valence-corrected chi connectivity index (χ4v) is 7.24. The zero-order valence-corrected chi connectivity index (χ0v) is 29.6. The summed E-state index contributed by atoms with van der Waals surface area (Å²) in [5, 5.41) is 13.4. The first-order valence-corrected chi connectivity index (χ1v) is 18.0. The summed E-state index contributed by atoms with van der Waals surface area (Å²) in [5.41, 5.74) is 2.25. The SMILES string of the molecule is Cc1oc2nc1C(=O)N[C@H](C)c1nc(cs1)C(=O)N[C@H](Cc1ccccc1)CN(C(=O)c1csc(-c3ccccc3)n1)CC(=O)N[C@H]2C(C)C. The van der Waals surface area contributed by atoms with E-state index < -0.39 is 41.8 Å². The minimum absolute atomic E-state index is 0.00312. The van der Waals surface area contributed by atoms with Gasteiger partial charge in [0, 0.05) is 22.9 Å². The summed E-state index contributed by atoms with van der Waals surface area (Å²) in [7, 11) is 0. The molecule has 6 rings (SSSR count). The lowest BCUT2D eigenvalue weighted by Gasteiger charge is -2.28. The minimum atomic E-state index is -0.693. The molecule has 50 heavy (non-hydrogen) atoms. The Balaban J connectivity index is 1.38. The number of oxazole rings is 1. The molecule has 5 aromatic rings. The molecular formula is C36H37N7O5S2. The molecule has 0 spiro atoms. The van der Waals surface area contributed by atoms with Crippen molar-refractivity contribution in [2.75, 3.05) is 13.1 Å². The third-order valence-corrected chi connectivity index (χ3v) is 10.1. The largest absolute Gasteiger partial charge is 0.443 e. The summed E-state index contributed by atoms with van der Waals surface area (Å²) in [5.74, 6) is -1.55. The smallest absolute Gasteiger partial charge is 0.274 e. The van der Waals surface area contributed by atoms with Crippen molar-refractivity contribution in [3.05, 3.63) is 111 Å². The number of aromatic nitrogens is 3. The predicted octanol–water partition coefficient (Wildman–Crippen LogP) is 5.36. The maximum Gasteiger partial charge on any atom is 0.274 e. The van der Waals surface area contributed by atoms with Gasteiger partial charge >= 0.3 is 0 Å². The molecule has 0 aliphatic carbocycles. The van der Waals surface area contributed by atoms with Gasteiger partial charge in [0.25, 0.3) is 17.7 Å². The van der Waals surface area contributed by atoms with Gasteiger partial charge in [0.15, 0.2) is 5.69 Å². The van der Waals surface area contributed by atoms with Crippen LogP contribution in [0.1, 0.15) is 86.5 Å². The van der Waals surface area contributed by atoms with Crippen molar-refractivity contribution < 1.29 is 23.6 Å². The van der Waals surface area contributed by atoms with Crippen molar-refractivity contribution in [1.82, 2.24) is 35.8 Å². The quantitative estimate of drug-likeness (QED) is 0.220. The molecule has 4 amide bonds. The van der Waals surface area contributed by atoms with Crippen LogP contribution in [0.25, 0.3) is 10.6 Å². The number of hydrogen-bond acceptors (Lipinski definition) is 10. The number of benzene rings is 2. The van der Waals surface area contributed by atoms with Crippen LogP contribution in [0.4, 0.5) is 0 Å². The maximum absolute atomic E-state index is 14.2. The van der Waals surface area contributed by atoms with Crippen LogP contribution < -0.4 is 16.0 Å². The Bertz CT molecular complexity index is 1990. The Morgan fingerprint density at radius 1 is 0.920 bits per heavy atom. The predicted molar refractivity (Wildman–Crippen MR) is 190 cm³/mol. The molecule has 12 nitrogen and oxygen atoms in total. The van der Waals surface area contributed by atoms with Crippen molar-refractivity contribution in [2.24, 2.45) is 5.92 Å². The van der Waals surface area contributed by atoms with Crippen LogP contribution in [0.2, 0.25) is 0 Å². The molecular weight excluding hydrogens is 675 g/mol. The van der Waals surface area contributed by atoms with E-state index in [0.29, 0.717) is 22.2 Å². The van der Waals surface area contributed by atoms with Gasteiger partial charge in [-0.1, -0.05) is 74.5 Å². The second-order valence-corrected chi connectivity index (χ2v) is 14.2. The van der Waals surface area contributed by atoms with Crippen LogP contribution in [0.3, 0.4) is 0 Å². The third kappa shape index (κ3) is 7.98. The Hall–Kier alpha value is -5.21. The number of carbonyl (C=O) groups excluding carboxylic acids is 4. The molecule has 1 aliphatic rings. The number of aryl methyl sites for hydroxylation is 1. The molecule has 3 aromatic heterocycles. The van der Waals surface area contributed by atoms with Gasteiger partial charge in [0.1, 0.15) is 33.2 Å². The molecule has 0 saturated heterocycles. The second kappa shape index (κ2) is 15.1. The summed E-state index contributed by atoms with van der Waals surface area (Å²) >= 11 is 2.58. The molecule has 0 saturated carbocycles. The summed E-state index contributed by atoms with van der Waals surface area (Å²) < 4.78 is 5.93. The number of carbonyl (C=O) groups is 4. The maximum atomic E-state index is 14.2. The lowest BCUT2D eigenvalue weighted by molar-refractivity contribution is -0.123. The molecule has 258 valence electrons. The Kier molecular flexibility index (Phi) is 10.5. The van der Waals surface area contributed by atoms with Crippen molar-refractivity contribution in [2.45, 2.75) is 52.2 Å². The van der Waals surface area contributed by atoms with Crippen molar-refractivity contribution in [3.63, 3.8) is 0 Å². The average molecular weight is 712 g/mol. The van der Waals surface area contributed by atoms with Crippen LogP contribution in [0.15, 0.2) is 75.8 Å². The van der Waals surface area contributed by atoms with Crippen molar-refractivity contribution in [3.8, 4) is 10.6 Å². The molecule has 0 fully saturated rings. The Morgan fingerprint density at radius 2 is 1.64 bits per heavy atom. The number of hydrogen-bond donors (Lipinski definition) is 3. The first-order valence-electron chi connectivity index (χ1n) is 16.2. The lowest BCUT2D eigenvalue weighted by atomic mass is 10.0. The highest BCUT2D eigenvalue weighted by Gasteiger charge is 2.31. The molecule has 4 bridgehead atoms. The highest BCUT2D eigenvalue weighted by molar-refractivity contribution is 7.13. The Morgan fingerprint density at radius 3 is 2.36 bits per heavy atom. The van der Waals surface area contributed by atoms with Crippen LogP contribution in [0.5, 0.6) is 0 Å². The van der Waals surface area contributed by atoms with E-state index >= 15 is 0 Å². The summed E-state index contributed by atoms with van der Waals surface area (Å²) in [6.07, 6.45) is 0.376. The molecule has 2 aromatic carbocycles. The molecule has 0 radical (unpaired) electrons. The number of fused-ring (bicyclic) bond motifs is 4. The lowest BCUT2D eigenvalue weighted by Crippen LogP contribution is -2.50. The molecule has 0 unspecified atom stereocenters. The number of rotatable bonds is 5.